The number of halogens is 1. The molecule has 0 fully saturated rings. The van der Waals surface area contributed by atoms with Gasteiger partial charge in [0.25, 0.3) is 0 Å². The topological polar surface area (TPSA) is 63.2 Å². The summed E-state index contributed by atoms with van der Waals surface area (Å²) in [5, 5.41) is 2.93. The molecule has 0 atom stereocenters. The van der Waals surface area contributed by atoms with E-state index in [0.717, 1.165) is 11.1 Å². The number of benzene rings is 1. The van der Waals surface area contributed by atoms with Crippen LogP contribution in [0.3, 0.4) is 0 Å². The number of hydrogen-bond acceptors (Lipinski definition) is 3. The molecule has 4 nitrogen and oxygen atoms in total. The summed E-state index contributed by atoms with van der Waals surface area (Å²) < 4.78 is 23.0. The van der Waals surface area contributed by atoms with E-state index in [1.54, 1.807) is 13.0 Å². The second-order valence-corrected chi connectivity index (χ2v) is 6.85. The highest BCUT2D eigenvalue weighted by Crippen LogP contribution is 2.27. The Bertz CT molecular complexity index is 585. The van der Waals surface area contributed by atoms with E-state index in [2.05, 4.69) is 11.9 Å². The first kappa shape index (κ1) is 15.7. The van der Waals surface area contributed by atoms with Crippen molar-refractivity contribution in [1.29, 1.82) is 0 Å². The van der Waals surface area contributed by atoms with Crippen LogP contribution in [0.15, 0.2) is 24.8 Å². The highest BCUT2D eigenvalue weighted by atomic mass is 35.5. The monoisotopic (exact) mass is 301 g/mol. The zero-order valence-corrected chi connectivity index (χ0v) is 12.4. The van der Waals surface area contributed by atoms with E-state index in [1.165, 1.54) is 6.08 Å². The number of nitrogens with one attached hydrogen (secondary N) is 1. The quantitative estimate of drug-likeness (QED) is 0.850. The van der Waals surface area contributed by atoms with Crippen molar-refractivity contribution in [3.63, 3.8) is 0 Å². The fourth-order valence-electron chi connectivity index (χ4n) is 1.69. The molecule has 0 saturated heterocycles. The third kappa shape index (κ3) is 4.69. The molecule has 0 bridgehead atoms. The molecule has 1 aromatic carbocycles. The van der Waals surface area contributed by atoms with Crippen molar-refractivity contribution < 1.29 is 13.2 Å². The van der Waals surface area contributed by atoms with Crippen LogP contribution < -0.4 is 5.32 Å². The van der Waals surface area contributed by atoms with Crippen molar-refractivity contribution in [1.82, 2.24) is 0 Å². The molecular weight excluding hydrogens is 286 g/mol. The lowest BCUT2D eigenvalue weighted by molar-refractivity contribution is -0.113. The second kappa shape index (κ2) is 6.21. The van der Waals surface area contributed by atoms with Gasteiger partial charge in [-0.25, -0.2) is 8.42 Å². The van der Waals surface area contributed by atoms with Crippen LogP contribution in [0.5, 0.6) is 0 Å². The predicted molar refractivity (Wildman–Crippen MR) is 78.4 cm³/mol. The molecule has 0 aliphatic heterocycles. The maximum atomic E-state index is 11.7. The largest absolute Gasteiger partial charge is 0.324 e. The summed E-state index contributed by atoms with van der Waals surface area (Å²) in [7, 11) is -3.46. The summed E-state index contributed by atoms with van der Waals surface area (Å²) in [6.45, 7) is 7.03. The number of carbonyl (C=O) groups excluding carboxylic acids is 1. The molecule has 1 amide bonds. The van der Waals surface area contributed by atoms with Crippen molar-refractivity contribution >= 4 is 33.0 Å². The first-order chi connectivity index (χ1) is 8.75. The summed E-state index contributed by atoms with van der Waals surface area (Å²) in [6, 6.07) is 3.57. The zero-order valence-electron chi connectivity index (χ0n) is 10.9. The normalized spacial score (nSPS) is 11.1. The molecule has 0 unspecified atom stereocenters. The maximum Gasteiger partial charge on any atom is 0.239 e. The number of rotatable bonds is 5. The van der Waals surface area contributed by atoms with Gasteiger partial charge in [0.05, 0.1) is 16.5 Å². The predicted octanol–water partition coefficient (Wildman–Crippen LogP) is 2.50. The van der Waals surface area contributed by atoms with Gasteiger partial charge in [0.1, 0.15) is 5.75 Å². The standard InChI is InChI=1S/C13H16ClNO3S/c1-4-5-19(17,18)8-12(16)15-13-10(3)6-9(2)7-11(13)14/h4,6-7H,1,5,8H2,2-3H3,(H,15,16). The van der Waals surface area contributed by atoms with Gasteiger partial charge in [-0.1, -0.05) is 23.7 Å². The van der Waals surface area contributed by atoms with Gasteiger partial charge in [0.15, 0.2) is 9.84 Å². The van der Waals surface area contributed by atoms with Crippen molar-refractivity contribution in [2.45, 2.75) is 13.8 Å². The van der Waals surface area contributed by atoms with E-state index >= 15 is 0 Å². The molecule has 0 heterocycles. The van der Waals surface area contributed by atoms with Gasteiger partial charge in [-0.05, 0) is 31.0 Å². The van der Waals surface area contributed by atoms with Crippen LogP contribution in [-0.4, -0.2) is 25.8 Å². The van der Waals surface area contributed by atoms with Gasteiger partial charge in [-0.2, -0.15) is 0 Å². The number of sulfone groups is 1. The second-order valence-electron chi connectivity index (χ2n) is 4.33. The first-order valence-corrected chi connectivity index (χ1v) is 7.83. The molecule has 0 aromatic heterocycles. The van der Waals surface area contributed by atoms with Gasteiger partial charge < -0.3 is 5.32 Å². The van der Waals surface area contributed by atoms with Crippen LogP contribution in [0, 0.1) is 13.8 Å². The van der Waals surface area contributed by atoms with Crippen molar-refractivity contribution in [3.8, 4) is 0 Å². The van der Waals surface area contributed by atoms with Gasteiger partial charge in [0, 0.05) is 0 Å². The number of amides is 1. The Labute approximate surface area is 118 Å². The summed E-state index contributed by atoms with van der Waals surface area (Å²) >= 11 is 6.03. The Balaban J connectivity index is 2.87. The van der Waals surface area contributed by atoms with E-state index < -0.39 is 21.5 Å². The minimum atomic E-state index is -3.46. The molecule has 0 saturated carbocycles. The van der Waals surface area contributed by atoms with Crippen molar-refractivity contribution in [2.75, 3.05) is 16.8 Å². The Kier molecular flexibility index (Phi) is 5.14. The number of aryl methyl sites for hydroxylation is 2. The fraction of sp³-hybridized carbons (Fsp3) is 0.308. The number of hydrogen-bond donors (Lipinski definition) is 1. The average molecular weight is 302 g/mol. The van der Waals surface area contributed by atoms with Crippen LogP contribution in [0.1, 0.15) is 11.1 Å². The molecule has 1 aromatic rings. The molecular formula is C13H16ClNO3S. The molecule has 0 radical (unpaired) electrons. The van der Waals surface area contributed by atoms with E-state index in [4.69, 9.17) is 11.6 Å². The average Bonchev–Trinajstić information content (AvgIpc) is 2.22. The van der Waals surface area contributed by atoms with Crippen molar-refractivity contribution in [3.05, 3.63) is 40.9 Å². The molecule has 19 heavy (non-hydrogen) atoms. The summed E-state index contributed by atoms with van der Waals surface area (Å²) in [5.41, 5.74) is 2.21. The Hall–Kier alpha value is -1.33. The Morgan fingerprint density at radius 3 is 2.58 bits per heavy atom. The number of carbonyl (C=O) groups is 1. The molecule has 0 spiro atoms. The maximum absolute atomic E-state index is 11.7. The van der Waals surface area contributed by atoms with Crippen LogP contribution in [0.2, 0.25) is 5.02 Å². The molecule has 104 valence electrons. The highest BCUT2D eigenvalue weighted by molar-refractivity contribution is 7.92. The lowest BCUT2D eigenvalue weighted by Gasteiger charge is -2.11. The molecule has 0 aliphatic carbocycles. The van der Waals surface area contributed by atoms with E-state index in [9.17, 15) is 13.2 Å². The summed E-state index contributed by atoms with van der Waals surface area (Å²) in [5.74, 6) is -1.40. The van der Waals surface area contributed by atoms with Crippen molar-refractivity contribution in [2.24, 2.45) is 0 Å². The van der Waals surface area contributed by atoms with Crippen LogP contribution >= 0.6 is 11.6 Å². The van der Waals surface area contributed by atoms with E-state index in [-0.39, 0.29) is 5.75 Å². The van der Waals surface area contributed by atoms with Gasteiger partial charge in [0.2, 0.25) is 5.91 Å². The molecule has 1 rings (SSSR count). The summed E-state index contributed by atoms with van der Waals surface area (Å²) in [4.78, 5) is 11.7. The van der Waals surface area contributed by atoms with E-state index in [1.807, 2.05) is 13.0 Å². The third-order valence-corrected chi connectivity index (χ3v) is 4.16. The van der Waals surface area contributed by atoms with Gasteiger partial charge >= 0.3 is 0 Å². The molecule has 6 heteroatoms. The van der Waals surface area contributed by atoms with Crippen LogP contribution in [0.4, 0.5) is 5.69 Å². The summed E-state index contributed by atoms with van der Waals surface area (Å²) in [6.07, 6.45) is 1.26. The Morgan fingerprint density at radius 2 is 2.05 bits per heavy atom. The van der Waals surface area contributed by atoms with Gasteiger partial charge in [-0.15, -0.1) is 6.58 Å². The number of anilines is 1. The lowest BCUT2D eigenvalue weighted by Crippen LogP contribution is -2.24. The zero-order chi connectivity index (χ0) is 14.6. The fourth-order valence-corrected chi connectivity index (χ4v) is 3.00. The smallest absolute Gasteiger partial charge is 0.239 e. The minimum absolute atomic E-state index is 0.221. The van der Waals surface area contributed by atoms with Crippen LogP contribution in [-0.2, 0) is 14.6 Å². The molecule has 1 N–H and O–H groups in total. The van der Waals surface area contributed by atoms with E-state index in [0.29, 0.717) is 10.7 Å². The Morgan fingerprint density at radius 1 is 1.42 bits per heavy atom. The highest BCUT2D eigenvalue weighted by Gasteiger charge is 2.17. The molecule has 0 aliphatic rings. The SMILES string of the molecule is C=CCS(=O)(=O)CC(=O)Nc1c(C)cc(C)cc1Cl. The van der Waals surface area contributed by atoms with Crippen LogP contribution in [0.25, 0.3) is 0 Å². The lowest BCUT2D eigenvalue weighted by atomic mass is 10.1. The minimum Gasteiger partial charge on any atom is -0.324 e. The van der Waals surface area contributed by atoms with Gasteiger partial charge in [-0.3, -0.25) is 4.79 Å². The third-order valence-electron chi connectivity index (χ3n) is 2.42. The first-order valence-electron chi connectivity index (χ1n) is 5.63.